The van der Waals surface area contributed by atoms with Gasteiger partial charge in [-0.15, -0.1) is 5.10 Å². The number of hydrogen-bond donors (Lipinski definition) is 0. The van der Waals surface area contributed by atoms with E-state index in [1.807, 2.05) is 31.2 Å². The molecule has 1 aliphatic rings. The molecule has 168 valence electrons. The Morgan fingerprint density at radius 2 is 1.70 bits per heavy atom. The van der Waals surface area contributed by atoms with Crippen molar-refractivity contribution >= 4 is 33.5 Å². The number of fused-ring (bicyclic) bond motifs is 2. The normalized spacial score (nSPS) is 14.7. The molecule has 2 aromatic heterocycles. The summed E-state index contributed by atoms with van der Waals surface area (Å²) in [4.78, 5) is 33.0. The summed E-state index contributed by atoms with van der Waals surface area (Å²) in [6.45, 7) is 2.42. The zero-order valence-corrected chi connectivity index (χ0v) is 19.2. The molecule has 2 aromatic carbocycles. The molecular weight excluding hydrogens is 444 g/mol. The van der Waals surface area contributed by atoms with Crippen molar-refractivity contribution in [2.75, 3.05) is 32.8 Å². The first-order valence-electron chi connectivity index (χ1n) is 10.2. The Bertz CT molecular complexity index is 1500. The van der Waals surface area contributed by atoms with Gasteiger partial charge in [0.05, 0.1) is 32.6 Å². The van der Waals surface area contributed by atoms with E-state index in [1.165, 1.54) is 25.8 Å². The van der Waals surface area contributed by atoms with Crippen molar-refractivity contribution in [3.8, 4) is 28.6 Å². The third-order valence-corrected chi connectivity index (χ3v) is 6.58. The van der Waals surface area contributed by atoms with Gasteiger partial charge >= 0.3 is 0 Å². The quantitative estimate of drug-likeness (QED) is 0.447. The summed E-state index contributed by atoms with van der Waals surface area (Å²) in [6, 6.07) is 10.9. The SMILES string of the molecule is CCN1C(=O)C(=c2sc3nc(-c4cc(OC)c(OC)c(OC)c4)nn3c2=O)c2ccccc21. The van der Waals surface area contributed by atoms with Crippen LogP contribution in [-0.2, 0) is 4.79 Å². The number of amides is 1. The molecule has 0 aliphatic carbocycles. The second-order valence-electron chi connectivity index (χ2n) is 7.22. The third kappa shape index (κ3) is 3.05. The zero-order valence-electron chi connectivity index (χ0n) is 18.4. The summed E-state index contributed by atoms with van der Waals surface area (Å²) < 4.78 is 17.7. The van der Waals surface area contributed by atoms with Gasteiger partial charge < -0.3 is 19.1 Å². The van der Waals surface area contributed by atoms with Gasteiger partial charge in [-0.05, 0) is 25.1 Å². The van der Waals surface area contributed by atoms with E-state index in [2.05, 4.69) is 10.1 Å². The molecule has 3 heterocycles. The Morgan fingerprint density at radius 3 is 2.30 bits per heavy atom. The van der Waals surface area contributed by atoms with Crippen LogP contribution in [0.15, 0.2) is 41.2 Å². The molecule has 0 spiro atoms. The lowest BCUT2D eigenvalue weighted by Crippen LogP contribution is -2.32. The molecule has 0 atom stereocenters. The molecular formula is C23H20N4O5S. The van der Waals surface area contributed by atoms with Crippen LogP contribution in [0.5, 0.6) is 17.2 Å². The van der Waals surface area contributed by atoms with Crippen molar-refractivity contribution in [3.05, 3.63) is 56.8 Å². The molecule has 5 rings (SSSR count). The Labute approximate surface area is 192 Å². The van der Waals surface area contributed by atoms with Crippen molar-refractivity contribution in [2.45, 2.75) is 6.92 Å². The number of thiazole rings is 1. The molecule has 33 heavy (non-hydrogen) atoms. The van der Waals surface area contributed by atoms with Gasteiger partial charge in [0.15, 0.2) is 17.3 Å². The Kier molecular flexibility index (Phi) is 5.01. The van der Waals surface area contributed by atoms with Gasteiger partial charge in [-0.1, -0.05) is 29.5 Å². The monoisotopic (exact) mass is 464 g/mol. The molecule has 0 fully saturated rings. The summed E-state index contributed by atoms with van der Waals surface area (Å²) >= 11 is 1.15. The molecule has 0 bridgehead atoms. The van der Waals surface area contributed by atoms with E-state index in [4.69, 9.17) is 14.2 Å². The van der Waals surface area contributed by atoms with Crippen molar-refractivity contribution in [1.82, 2.24) is 14.6 Å². The minimum absolute atomic E-state index is 0.190. The number of ether oxygens (including phenoxy) is 3. The second-order valence-corrected chi connectivity index (χ2v) is 8.20. The van der Waals surface area contributed by atoms with Crippen LogP contribution in [0.4, 0.5) is 5.69 Å². The number of nitrogens with zero attached hydrogens (tertiary/aromatic N) is 4. The highest BCUT2D eigenvalue weighted by molar-refractivity contribution is 7.15. The smallest absolute Gasteiger partial charge is 0.291 e. The Balaban J connectivity index is 1.69. The number of aromatic nitrogens is 3. The maximum Gasteiger partial charge on any atom is 0.291 e. The number of hydrogen-bond acceptors (Lipinski definition) is 8. The van der Waals surface area contributed by atoms with Crippen LogP contribution in [0.25, 0.3) is 21.9 Å². The van der Waals surface area contributed by atoms with E-state index in [1.54, 1.807) is 17.0 Å². The molecule has 1 aliphatic heterocycles. The van der Waals surface area contributed by atoms with Crippen molar-refractivity contribution in [3.63, 3.8) is 0 Å². The van der Waals surface area contributed by atoms with Gasteiger partial charge in [-0.2, -0.15) is 9.50 Å². The number of carbonyl (C=O) groups is 1. The number of anilines is 1. The van der Waals surface area contributed by atoms with Gasteiger partial charge in [-0.3, -0.25) is 9.59 Å². The summed E-state index contributed by atoms with van der Waals surface area (Å²) in [5, 5.41) is 4.41. The molecule has 0 saturated heterocycles. The van der Waals surface area contributed by atoms with E-state index >= 15 is 0 Å². The number of methoxy groups -OCH3 is 3. The van der Waals surface area contributed by atoms with Crippen LogP contribution in [0, 0.1) is 0 Å². The van der Waals surface area contributed by atoms with E-state index in [9.17, 15) is 9.59 Å². The van der Waals surface area contributed by atoms with Crippen LogP contribution in [-0.4, -0.2) is 48.4 Å². The first kappa shape index (κ1) is 21.0. The minimum atomic E-state index is -0.378. The fourth-order valence-electron chi connectivity index (χ4n) is 4.03. The average molecular weight is 465 g/mol. The van der Waals surface area contributed by atoms with E-state index < -0.39 is 0 Å². The molecule has 9 nitrogen and oxygen atoms in total. The van der Waals surface area contributed by atoms with E-state index in [-0.39, 0.29) is 11.5 Å². The minimum Gasteiger partial charge on any atom is -0.493 e. The number of likely N-dealkylation sites (N-methyl/N-ethyl adjacent to an activating group) is 1. The predicted molar refractivity (Wildman–Crippen MR) is 124 cm³/mol. The number of rotatable bonds is 5. The predicted octanol–water partition coefficient (Wildman–Crippen LogP) is 2.13. The van der Waals surface area contributed by atoms with Gasteiger partial charge in [0.1, 0.15) is 4.53 Å². The highest BCUT2D eigenvalue weighted by Crippen LogP contribution is 2.40. The lowest BCUT2D eigenvalue weighted by molar-refractivity contribution is -0.113. The largest absolute Gasteiger partial charge is 0.493 e. The van der Waals surface area contributed by atoms with Gasteiger partial charge in [0.2, 0.25) is 10.7 Å². The molecule has 0 radical (unpaired) electrons. The number of para-hydroxylation sites is 1. The van der Waals surface area contributed by atoms with Crippen molar-refractivity contribution in [1.29, 1.82) is 0 Å². The summed E-state index contributed by atoms with van der Waals surface area (Å²) in [6.07, 6.45) is 0. The molecule has 10 heteroatoms. The van der Waals surface area contributed by atoms with Crippen LogP contribution in [0.1, 0.15) is 12.5 Å². The van der Waals surface area contributed by atoms with Crippen molar-refractivity contribution in [2.24, 2.45) is 0 Å². The molecule has 1 amide bonds. The fraction of sp³-hybridized carbons (Fsp3) is 0.217. The van der Waals surface area contributed by atoms with Gasteiger partial charge in [0, 0.05) is 17.7 Å². The molecule has 4 aromatic rings. The van der Waals surface area contributed by atoms with E-state index in [0.29, 0.717) is 50.2 Å². The average Bonchev–Trinajstić information content (AvgIpc) is 3.47. The standard InChI is InChI=1S/C23H20N4O5S/c1-5-26-14-9-7-6-8-13(14)17(21(26)28)19-22(29)27-23(33-19)24-20(25-27)12-10-15(30-2)18(32-4)16(11-12)31-3/h6-11H,5H2,1-4H3. The van der Waals surface area contributed by atoms with Gasteiger partial charge in [-0.25, -0.2) is 0 Å². The zero-order chi connectivity index (χ0) is 23.3. The summed E-state index contributed by atoms with van der Waals surface area (Å²) in [5.41, 5.74) is 2.17. The van der Waals surface area contributed by atoms with Crippen molar-refractivity contribution < 1.29 is 19.0 Å². The lowest BCUT2D eigenvalue weighted by Gasteiger charge is -2.13. The molecule has 0 unspecified atom stereocenters. The second kappa shape index (κ2) is 7.89. The van der Waals surface area contributed by atoms with Crippen LogP contribution in [0.2, 0.25) is 0 Å². The highest BCUT2D eigenvalue weighted by Gasteiger charge is 2.33. The summed E-state index contributed by atoms with van der Waals surface area (Å²) in [5.74, 6) is 1.51. The van der Waals surface area contributed by atoms with E-state index in [0.717, 1.165) is 22.6 Å². The summed E-state index contributed by atoms with van der Waals surface area (Å²) in [7, 11) is 4.57. The van der Waals surface area contributed by atoms with Crippen LogP contribution >= 0.6 is 11.3 Å². The fourth-order valence-corrected chi connectivity index (χ4v) is 5.03. The Morgan fingerprint density at radius 1 is 1.00 bits per heavy atom. The highest BCUT2D eigenvalue weighted by atomic mass is 32.1. The van der Waals surface area contributed by atoms with Gasteiger partial charge in [0.25, 0.3) is 11.5 Å². The third-order valence-electron chi connectivity index (χ3n) is 5.55. The number of benzene rings is 2. The Hall–Kier alpha value is -3.92. The topological polar surface area (TPSA) is 95.3 Å². The lowest BCUT2D eigenvalue weighted by atomic mass is 10.1. The van der Waals surface area contributed by atoms with Crippen LogP contribution < -0.4 is 29.2 Å². The number of carbonyl (C=O) groups excluding carboxylic acids is 1. The first-order valence-corrected chi connectivity index (χ1v) is 11.0. The maximum absolute atomic E-state index is 13.3. The first-order chi connectivity index (χ1) is 16.0. The maximum atomic E-state index is 13.3. The molecule has 0 N–H and O–H groups in total. The van der Waals surface area contributed by atoms with Crippen LogP contribution in [0.3, 0.4) is 0 Å². The molecule has 0 saturated carbocycles.